The third kappa shape index (κ3) is 3.28. The van der Waals surface area contributed by atoms with E-state index in [4.69, 9.17) is 14.3 Å². The number of carbonyl (C=O) groups is 2. The Balaban J connectivity index is 2.21. The van der Waals surface area contributed by atoms with Gasteiger partial charge in [-0.15, -0.1) is 0 Å². The first-order valence-corrected chi connectivity index (χ1v) is 10.6. The van der Waals surface area contributed by atoms with Crippen molar-refractivity contribution >= 4 is 18.0 Å². The molecule has 0 aromatic carbocycles. The van der Waals surface area contributed by atoms with Crippen molar-refractivity contribution in [1.82, 2.24) is 0 Å². The number of aliphatic hydroxyl groups excluding tert-OH is 2. The van der Waals surface area contributed by atoms with Gasteiger partial charge in [-0.2, -0.15) is 0 Å². The van der Waals surface area contributed by atoms with Gasteiger partial charge < -0.3 is 24.5 Å². The molecule has 1 saturated heterocycles. The highest BCUT2D eigenvalue weighted by Crippen LogP contribution is 2.65. The molecule has 8 atom stereocenters. The van der Waals surface area contributed by atoms with E-state index in [0.717, 1.165) is 0 Å². The molecule has 30 heavy (non-hydrogen) atoms. The number of ketones is 1. The molecule has 0 aromatic heterocycles. The molecule has 2 aliphatic carbocycles. The average Bonchev–Trinajstić information content (AvgIpc) is 2.59. The van der Waals surface area contributed by atoms with E-state index < -0.39 is 52.7 Å². The molecule has 1 aliphatic heterocycles. The first-order chi connectivity index (χ1) is 13.7. The highest BCUT2D eigenvalue weighted by molar-refractivity contribution is 5.90. The summed E-state index contributed by atoms with van der Waals surface area (Å²) in [6.45, 7) is 10.6. The molecule has 2 N–H and O–H groups in total. The zero-order valence-electron chi connectivity index (χ0n) is 19.0. The second kappa shape index (κ2) is 7.28. The van der Waals surface area contributed by atoms with Gasteiger partial charge in [-0.1, -0.05) is 25.9 Å². The van der Waals surface area contributed by atoms with Crippen LogP contribution in [0.4, 0.5) is 0 Å². The minimum absolute atomic E-state index is 0.0401. The van der Waals surface area contributed by atoms with Gasteiger partial charge in [0.1, 0.15) is 24.1 Å². The second-order valence-corrected chi connectivity index (χ2v) is 10.5. The zero-order valence-corrected chi connectivity index (χ0v) is 19.0. The number of aliphatic hydroxyl groups is 2. The molecule has 8 heteroatoms. The normalized spacial score (nSPS) is 48.0. The number of fused-ring (bicyclic) bond motifs is 3. The van der Waals surface area contributed by atoms with Crippen molar-refractivity contribution in [3.63, 3.8) is 0 Å². The molecule has 1 heterocycles. The number of carbonyl (C=O) groups excluding carboxylic acids is 2. The van der Waals surface area contributed by atoms with Gasteiger partial charge in [-0.25, -0.2) is 0 Å². The summed E-state index contributed by atoms with van der Waals surface area (Å²) in [6, 6.07) is 0. The summed E-state index contributed by atoms with van der Waals surface area (Å²) in [5.41, 5.74) is -3.77. The average molecular weight is 426 g/mol. The van der Waals surface area contributed by atoms with E-state index in [-0.39, 0.29) is 17.6 Å². The summed E-state index contributed by atoms with van der Waals surface area (Å²) in [5.74, 6) is -1.89. The molecule has 170 valence electrons. The summed E-state index contributed by atoms with van der Waals surface area (Å²) in [5, 5.41) is 26.5. The maximum absolute atomic E-state index is 13.7. The van der Waals surface area contributed by atoms with Gasteiger partial charge >= 0.3 is 5.97 Å². The molecule has 8 nitrogen and oxygen atoms in total. The lowest BCUT2D eigenvalue weighted by molar-refractivity contribution is -0.318. The number of oxime groups is 1. The lowest BCUT2D eigenvalue weighted by Crippen LogP contribution is -2.78. The number of hydrogen-bond acceptors (Lipinski definition) is 8. The predicted molar refractivity (Wildman–Crippen MR) is 109 cm³/mol. The van der Waals surface area contributed by atoms with Crippen LogP contribution in [-0.4, -0.2) is 64.8 Å². The number of esters is 1. The van der Waals surface area contributed by atoms with E-state index in [1.54, 1.807) is 13.8 Å². The van der Waals surface area contributed by atoms with E-state index in [1.807, 2.05) is 20.8 Å². The maximum atomic E-state index is 13.7. The number of Topliss-reactive ketones (excluding diaryl/α,β-unsaturated/α-hetero) is 1. The molecule has 3 rings (SSSR count). The first-order valence-electron chi connectivity index (χ1n) is 10.6. The molecular weight excluding hydrogens is 390 g/mol. The lowest BCUT2D eigenvalue weighted by atomic mass is 9.41. The van der Waals surface area contributed by atoms with Gasteiger partial charge in [0.15, 0.2) is 6.10 Å². The Kier molecular flexibility index (Phi) is 5.62. The smallest absolute Gasteiger partial charge is 0.303 e. The summed E-state index contributed by atoms with van der Waals surface area (Å²) >= 11 is 0. The van der Waals surface area contributed by atoms with Crippen molar-refractivity contribution in [1.29, 1.82) is 0 Å². The van der Waals surface area contributed by atoms with Crippen molar-refractivity contribution in [2.24, 2.45) is 27.8 Å². The molecule has 2 saturated carbocycles. The highest BCUT2D eigenvalue weighted by atomic mass is 16.6. The fraction of sp³-hybridized carbons (Fsp3) is 0.864. The van der Waals surface area contributed by atoms with Gasteiger partial charge in [-0.05, 0) is 32.1 Å². The van der Waals surface area contributed by atoms with Crippen molar-refractivity contribution < 1.29 is 34.1 Å². The third-order valence-electron chi connectivity index (χ3n) is 7.73. The summed E-state index contributed by atoms with van der Waals surface area (Å²) < 4.78 is 12.1. The highest BCUT2D eigenvalue weighted by Gasteiger charge is 2.73. The first kappa shape index (κ1) is 23.2. The molecule has 0 amide bonds. The van der Waals surface area contributed by atoms with E-state index in [0.29, 0.717) is 12.8 Å². The van der Waals surface area contributed by atoms with Crippen LogP contribution in [0.25, 0.3) is 0 Å². The molecule has 0 aromatic rings. The van der Waals surface area contributed by atoms with Crippen LogP contribution in [0.1, 0.15) is 60.8 Å². The fourth-order valence-electron chi connectivity index (χ4n) is 6.89. The number of rotatable bonds is 3. The Hall–Kier alpha value is -1.51. The molecular formula is C22H35NO7. The van der Waals surface area contributed by atoms with Crippen molar-refractivity contribution in [3.8, 4) is 0 Å². The van der Waals surface area contributed by atoms with E-state index in [2.05, 4.69) is 5.16 Å². The molecule has 3 aliphatic rings. The number of ether oxygens (including phenoxy) is 2. The standard InChI is InChI=1S/C22H35NO7/c1-12(24)29-18-15(27)17-19(2,3)9-8-14(26)21(17,5)16-13(25)10-20(4,11-23-28-7)30-22(16,18)6/h11,14-18,26-27H,8-10H2,1-7H3/t14-,15-,16+,17-,18-,20+,21+,22-/m0/s1. The van der Waals surface area contributed by atoms with Crippen LogP contribution in [0, 0.1) is 22.7 Å². The van der Waals surface area contributed by atoms with E-state index in [9.17, 15) is 19.8 Å². The SMILES string of the molecule is CON=C[C@@]1(C)CC(=O)[C@H]2[C@](C)(O1)[C@@H](OC(C)=O)[C@@H](O)[C@H]1C(C)(C)CC[C@H](O)[C@@]12C. The van der Waals surface area contributed by atoms with Crippen molar-refractivity contribution in [2.45, 2.75) is 90.3 Å². The zero-order chi connectivity index (χ0) is 22.7. The minimum atomic E-state index is -1.35. The van der Waals surface area contributed by atoms with Crippen LogP contribution < -0.4 is 0 Å². The maximum Gasteiger partial charge on any atom is 0.303 e. The van der Waals surface area contributed by atoms with Crippen LogP contribution in [0.2, 0.25) is 0 Å². The fourth-order valence-corrected chi connectivity index (χ4v) is 6.89. The monoisotopic (exact) mass is 425 g/mol. The third-order valence-corrected chi connectivity index (χ3v) is 7.73. The van der Waals surface area contributed by atoms with E-state index >= 15 is 0 Å². The van der Waals surface area contributed by atoms with Gasteiger partial charge in [-0.3, -0.25) is 9.59 Å². The molecule has 0 bridgehead atoms. The molecule has 0 unspecified atom stereocenters. The van der Waals surface area contributed by atoms with Crippen molar-refractivity contribution in [2.75, 3.05) is 7.11 Å². The van der Waals surface area contributed by atoms with Crippen LogP contribution in [0.3, 0.4) is 0 Å². The Morgan fingerprint density at radius 3 is 2.43 bits per heavy atom. The van der Waals surface area contributed by atoms with Crippen LogP contribution in [0.15, 0.2) is 5.16 Å². The Bertz CT molecular complexity index is 752. The number of hydrogen-bond donors (Lipinski definition) is 2. The summed E-state index contributed by atoms with van der Waals surface area (Å²) in [4.78, 5) is 30.4. The predicted octanol–water partition coefficient (Wildman–Crippen LogP) is 1.85. The van der Waals surface area contributed by atoms with Gasteiger partial charge in [0.2, 0.25) is 0 Å². The topological polar surface area (TPSA) is 115 Å². The van der Waals surface area contributed by atoms with E-state index in [1.165, 1.54) is 20.2 Å². The molecule has 0 spiro atoms. The van der Waals surface area contributed by atoms with Crippen LogP contribution in [-0.2, 0) is 23.9 Å². The van der Waals surface area contributed by atoms with Gasteiger partial charge in [0.25, 0.3) is 0 Å². The quantitative estimate of drug-likeness (QED) is 0.403. The van der Waals surface area contributed by atoms with Crippen LogP contribution in [0.5, 0.6) is 0 Å². The number of nitrogens with zero attached hydrogens (tertiary/aromatic N) is 1. The Morgan fingerprint density at radius 1 is 1.23 bits per heavy atom. The lowest BCUT2D eigenvalue weighted by Gasteiger charge is -2.67. The Morgan fingerprint density at radius 2 is 1.87 bits per heavy atom. The molecule has 3 fully saturated rings. The van der Waals surface area contributed by atoms with Gasteiger partial charge in [0, 0.05) is 24.7 Å². The summed E-state index contributed by atoms with van der Waals surface area (Å²) in [7, 11) is 1.40. The van der Waals surface area contributed by atoms with Crippen molar-refractivity contribution in [3.05, 3.63) is 0 Å². The Labute approximate surface area is 177 Å². The largest absolute Gasteiger partial charge is 0.457 e. The second-order valence-electron chi connectivity index (χ2n) is 10.5. The molecule has 0 radical (unpaired) electrons. The minimum Gasteiger partial charge on any atom is -0.457 e. The summed E-state index contributed by atoms with van der Waals surface area (Å²) in [6.07, 6.45) is -0.306. The van der Waals surface area contributed by atoms with Crippen LogP contribution >= 0.6 is 0 Å². The van der Waals surface area contributed by atoms with Gasteiger partial charge in [0.05, 0.1) is 24.3 Å².